The lowest BCUT2D eigenvalue weighted by molar-refractivity contribution is -0.142. The summed E-state index contributed by atoms with van der Waals surface area (Å²) in [6.07, 6.45) is -0.494. The number of carbonyl (C=O) groups excluding carboxylic acids is 4. The molecule has 0 saturated carbocycles. The molecule has 16 nitrogen and oxygen atoms in total. The van der Waals surface area contributed by atoms with Gasteiger partial charge in [-0.05, 0) is 66.0 Å². The number of hydrogen-bond donors (Lipinski definition) is 11. The van der Waals surface area contributed by atoms with E-state index in [-0.39, 0.29) is 12.8 Å². The number of unbranched alkanes of at least 4 members (excludes halogenated alkanes) is 1. The van der Waals surface area contributed by atoms with Gasteiger partial charge in [-0.3, -0.25) is 29.3 Å². The highest BCUT2D eigenvalue weighted by molar-refractivity contribution is 5.95. The van der Waals surface area contributed by atoms with Crippen LogP contribution in [0.25, 0.3) is 0 Å². The molecule has 0 fully saturated rings. The van der Waals surface area contributed by atoms with E-state index in [2.05, 4.69) is 26.6 Å². The number of rotatable bonds is 19. The first-order chi connectivity index (χ1) is 17.7. The van der Waals surface area contributed by atoms with Crippen molar-refractivity contribution in [1.82, 2.24) is 26.6 Å². The molecule has 38 heavy (non-hydrogen) atoms. The van der Waals surface area contributed by atoms with Gasteiger partial charge in [-0.15, -0.1) is 0 Å². The van der Waals surface area contributed by atoms with Crippen LogP contribution in [0.2, 0.25) is 0 Å². The molecule has 0 unspecified atom stereocenters. The molecule has 0 radical (unpaired) electrons. The fourth-order valence-corrected chi connectivity index (χ4v) is 3.20. The van der Waals surface area contributed by atoms with Gasteiger partial charge < -0.3 is 54.4 Å². The second-order valence-corrected chi connectivity index (χ2v) is 9.11. The van der Waals surface area contributed by atoms with Gasteiger partial charge in [-0.2, -0.15) is 0 Å². The van der Waals surface area contributed by atoms with Crippen molar-refractivity contribution in [3.63, 3.8) is 0 Å². The first-order valence-electron chi connectivity index (χ1n) is 12.5. The maximum absolute atomic E-state index is 13.0. The molecule has 0 aliphatic heterocycles. The summed E-state index contributed by atoms with van der Waals surface area (Å²) in [5.74, 6) is -4.24. The van der Waals surface area contributed by atoms with Crippen LogP contribution in [0.1, 0.15) is 52.9 Å². The van der Waals surface area contributed by atoms with Crippen LogP contribution < -0.4 is 49.5 Å². The van der Waals surface area contributed by atoms with E-state index in [9.17, 15) is 29.1 Å². The van der Waals surface area contributed by atoms with Crippen LogP contribution in [0.3, 0.4) is 0 Å². The third-order valence-corrected chi connectivity index (χ3v) is 5.47. The summed E-state index contributed by atoms with van der Waals surface area (Å²) < 4.78 is 0. The Hall–Kier alpha value is -2.89. The van der Waals surface area contributed by atoms with Crippen LogP contribution in [-0.2, 0) is 24.0 Å². The molecule has 4 amide bonds. The molecule has 0 rings (SSSR count). The van der Waals surface area contributed by atoms with Crippen molar-refractivity contribution in [3.8, 4) is 0 Å². The van der Waals surface area contributed by atoms with E-state index in [1.807, 2.05) is 0 Å². The molecule has 220 valence electrons. The van der Waals surface area contributed by atoms with E-state index in [1.165, 1.54) is 20.8 Å². The summed E-state index contributed by atoms with van der Waals surface area (Å²) in [5.41, 5.74) is 21.9. The maximum atomic E-state index is 13.0. The summed E-state index contributed by atoms with van der Waals surface area (Å²) in [6, 6.07) is -5.85. The predicted molar refractivity (Wildman–Crippen MR) is 139 cm³/mol. The minimum absolute atomic E-state index is 0.134. The van der Waals surface area contributed by atoms with E-state index < -0.39 is 72.2 Å². The van der Waals surface area contributed by atoms with Gasteiger partial charge in [-0.1, -0.05) is 0 Å². The number of aliphatic hydroxyl groups excluding tert-OH is 1. The van der Waals surface area contributed by atoms with Crippen molar-refractivity contribution in [1.29, 1.82) is 0 Å². The lowest BCUT2D eigenvalue weighted by Gasteiger charge is -2.27. The molecule has 6 atom stereocenters. The number of hydrogen-bond acceptors (Lipinski definition) is 11. The van der Waals surface area contributed by atoms with Crippen LogP contribution in [0.5, 0.6) is 0 Å². The quantitative estimate of drug-likeness (QED) is 0.0538. The van der Waals surface area contributed by atoms with Crippen molar-refractivity contribution >= 4 is 29.6 Å². The fourth-order valence-electron chi connectivity index (χ4n) is 3.20. The van der Waals surface area contributed by atoms with Gasteiger partial charge in [0.15, 0.2) is 0 Å². The Kier molecular flexibility index (Phi) is 17.0. The zero-order chi connectivity index (χ0) is 29.4. The van der Waals surface area contributed by atoms with Gasteiger partial charge >= 0.3 is 5.97 Å². The van der Waals surface area contributed by atoms with Crippen molar-refractivity contribution in [2.75, 3.05) is 13.1 Å². The Morgan fingerprint density at radius 1 is 0.737 bits per heavy atom. The van der Waals surface area contributed by atoms with E-state index in [1.54, 1.807) is 0 Å². The lowest BCUT2D eigenvalue weighted by Crippen LogP contribution is -2.60. The summed E-state index contributed by atoms with van der Waals surface area (Å²) in [4.78, 5) is 61.9. The van der Waals surface area contributed by atoms with Gasteiger partial charge in [0.05, 0.1) is 12.1 Å². The molecule has 0 aliphatic carbocycles. The highest BCUT2D eigenvalue weighted by atomic mass is 16.4. The molecule has 0 aromatic heterocycles. The van der Waals surface area contributed by atoms with Crippen LogP contribution in [0.4, 0.5) is 0 Å². The number of carbonyl (C=O) groups is 5. The number of aliphatic carboxylic acids is 1. The maximum Gasteiger partial charge on any atom is 0.325 e. The topological polar surface area (TPSA) is 290 Å². The molecule has 0 spiro atoms. The Morgan fingerprint density at radius 2 is 1.26 bits per heavy atom. The van der Waals surface area contributed by atoms with E-state index in [0.717, 1.165) is 0 Å². The number of nitrogens with one attached hydrogen (secondary N) is 5. The fraction of sp³-hybridized carbons (Fsp3) is 0.773. The molecule has 0 aliphatic rings. The van der Waals surface area contributed by atoms with Gasteiger partial charge in [0.25, 0.3) is 0 Å². The summed E-state index contributed by atoms with van der Waals surface area (Å²) in [5, 5.41) is 31.7. The zero-order valence-electron chi connectivity index (χ0n) is 22.2. The van der Waals surface area contributed by atoms with Crippen molar-refractivity contribution in [2.45, 2.75) is 95.5 Å². The summed E-state index contributed by atoms with van der Waals surface area (Å²) in [6.45, 7) is 4.66. The van der Waals surface area contributed by atoms with Crippen LogP contribution in [0, 0.1) is 0 Å². The van der Waals surface area contributed by atoms with Crippen molar-refractivity contribution in [3.05, 3.63) is 0 Å². The highest BCUT2D eigenvalue weighted by Gasteiger charge is 2.33. The number of nitrogens with two attached hydrogens (primary N) is 4. The largest absolute Gasteiger partial charge is 0.480 e. The molecule has 0 bridgehead atoms. The Bertz CT molecular complexity index is 780. The molecule has 15 N–H and O–H groups in total. The monoisotopic (exact) mass is 547 g/mol. The van der Waals surface area contributed by atoms with Gasteiger partial charge in [-0.25, -0.2) is 0 Å². The Morgan fingerprint density at radius 3 is 1.74 bits per heavy atom. The molecular formula is C22H45N9O7. The SMILES string of the molecule is C[C@H](N)C(=O)N[C@@H](CCCNC(N)N)C(=O)N[C@H](C(=O)N[C@@H](CCCCN)C(=O)N[C@@H](C)C(=O)O)[C@@H](C)O. The van der Waals surface area contributed by atoms with Crippen molar-refractivity contribution < 1.29 is 34.2 Å². The first kappa shape index (κ1) is 35.1. The summed E-state index contributed by atoms with van der Waals surface area (Å²) in [7, 11) is 0. The molecule has 0 heterocycles. The Balaban J connectivity index is 5.57. The smallest absolute Gasteiger partial charge is 0.325 e. The second-order valence-electron chi connectivity index (χ2n) is 9.11. The van der Waals surface area contributed by atoms with Crippen LogP contribution >= 0.6 is 0 Å². The molecule has 0 saturated heterocycles. The Labute approximate surface area is 222 Å². The number of amides is 4. The predicted octanol–water partition coefficient (Wildman–Crippen LogP) is -4.54. The highest BCUT2D eigenvalue weighted by Crippen LogP contribution is 2.05. The summed E-state index contributed by atoms with van der Waals surface area (Å²) >= 11 is 0. The standard InChI is InChI=1S/C22H45N9O7/c1-11(24)17(33)29-15(8-6-10-27-22(25)26)19(35)31-16(13(3)32)20(36)30-14(7-4-5-9-23)18(34)28-12(2)21(37)38/h11-16,22,27,32H,4-10,23-26H2,1-3H3,(H,28,34)(H,29,33)(H,30,36)(H,31,35)(H,37,38)/t11-,12-,13+,14-,15-,16-/m0/s1. The molecule has 0 aromatic rings. The average molecular weight is 548 g/mol. The minimum Gasteiger partial charge on any atom is -0.480 e. The van der Waals surface area contributed by atoms with Crippen LogP contribution in [-0.4, -0.2) is 95.5 Å². The minimum atomic E-state index is -1.49. The van der Waals surface area contributed by atoms with Crippen molar-refractivity contribution in [2.24, 2.45) is 22.9 Å². The van der Waals surface area contributed by atoms with Gasteiger partial charge in [0, 0.05) is 0 Å². The molecule has 16 heteroatoms. The number of carboxylic acid groups (broad SMARTS) is 1. The van der Waals surface area contributed by atoms with Gasteiger partial charge in [0.1, 0.15) is 30.5 Å². The molecule has 0 aromatic carbocycles. The first-order valence-corrected chi connectivity index (χ1v) is 12.5. The zero-order valence-corrected chi connectivity index (χ0v) is 22.2. The van der Waals surface area contributed by atoms with E-state index >= 15 is 0 Å². The van der Waals surface area contributed by atoms with Crippen LogP contribution in [0.15, 0.2) is 0 Å². The van der Waals surface area contributed by atoms with Gasteiger partial charge in [0.2, 0.25) is 23.6 Å². The lowest BCUT2D eigenvalue weighted by atomic mass is 10.0. The normalized spacial score (nSPS) is 15.9. The number of carboxylic acids is 1. The second kappa shape index (κ2) is 18.4. The van der Waals surface area contributed by atoms with E-state index in [0.29, 0.717) is 32.4 Å². The van der Waals surface area contributed by atoms with E-state index in [4.69, 9.17) is 28.0 Å². The number of aliphatic hydroxyl groups is 1. The average Bonchev–Trinajstić information content (AvgIpc) is 2.82. The third-order valence-electron chi connectivity index (χ3n) is 5.47. The third kappa shape index (κ3) is 14.2. The molecular weight excluding hydrogens is 502 g/mol.